The molecule has 0 fully saturated rings. The summed E-state index contributed by atoms with van der Waals surface area (Å²) >= 11 is 7.02. The average Bonchev–Trinajstić information content (AvgIpc) is 3.16. The molecule has 0 unspecified atom stereocenters. The number of halogens is 1. The first kappa shape index (κ1) is 24.1. The molecule has 182 valence electrons. The monoisotopic (exact) mass is 485 g/mol. The van der Waals surface area contributed by atoms with Gasteiger partial charge in [-0.1, -0.05) is 68.0 Å². The lowest BCUT2D eigenvalue weighted by atomic mass is 9.80. The van der Waals surface area contributed by atoms with Gasteiger partial charge in [-0.25, -0.2) is 0 Å². The van der Waals surface area contributed by atoms with Crippen LogP contribution in [0.25, 0.3) is 0 Å². The molecule has 0 N–H and O–H groups in total. The Bertz CT molecular complexity index is 1290. The van der Waals surface area contributed by atoms with E-state index in [-0.39, 0.29) is 10.8 Å². The molecule has 35 heavy (non-hydrogen) atoms. The zero-order valence-electron chi connectivity index (χ0n) is 22.1. The van der Waals surface area contributed by atoms with Crippen molar-refractivity contribution in [2.45, 2.75) is 65.2 Å². The van der Waals surface area contributed by atoms with Crippen molar-refractivity contribution in [3.05, 3.63) is 99.4 Å². The Labute approximate surface area is 216 Å². The fraction of sp³-hybridized carbons (Fsp3) is 0.406. The number of fused-ring (bicyclic) bond motifs is 1. The summed E-state index contributed by atoms with van der Waals surface area (Å²) in [6, 6.07) is 8.72. The minimum absolute atomic E-state index is 0.0220. The molecule has 1 aromatic carbocycles. The minimum Gasteiger partial charge on any atom is -0.350 e. The van der Waals surface area contributed by atoms with Crippen molar-refractivity contribution >= 4 is 23.0 Å². The quantitative estimate of drug-likeness (QED) is 0.390. The van der Waals surface area contributed by atoms with Crippen molar-refractivity contribution in [2.24, 2.45) is 5.41 Å². The van der Waals surface area contributed by atoms with Crippen LogP contribution in [0.5, 0.6) is 0 Å². The van der Waals surface area contributed by atoms with E-state index in [4.69, 9.17) is 11.6 Å². The van der Waals surface area contributed by atoms with Gasteiger partial charge in [-0.05, 0) is 68.7 Å². The maximum atomic E-state index is 7.02. The zero-order chi connectivity index (χ0) is 25.0. The predicted octanol–water partition coefficient (Wildman–Crippen LogP) is 8.31. The van der Waals surface area contributed by atoms with Crippen LogP contribution >= 0.6 is 11.6 Å². The molecule has 0 radical (unpaired) electrons. The SMILES string of the molecule is CN1C2=C(C=CCC2)C(C)(C)/C1=C\C=C1/CCCC(/C=C/C2=[N+](C)c3ccccc3C2(C)C)=C1Cl. The summed E-state index contributed by atoms with van der Waals surface area (Å²) < 4.78 is 2.32. The smallest absolute Gasteiger partial charge is 0.209 e. The average molecular weight is 486 g/mol. The van der Waals surface area contributed by atoms with Crippen LogP contribution in [0.1, 0.15) is 65.4 Å². The van der Waals surface area contributed by atoms with Gasteiger partial charge in [0.2, 0.25) is 5.69 Å². The van der Waals surface area contributed by atoms with Crippen LogP contribution in [0.15, 0.2) is 93.9 Å². The van der Waals surface area contributed by atoms with Gasteiger partial charge in [0.15, 0.2) is 5.71 Å². The van der Waals surface area contributed by atoms with E-state index in [0.29, 0.717) is 0 Å². The van der Waals surface area contributed by atoms with Crippen LogP contribution < -0.4 is 0 Å². The second-order valence-corrected chi connectivity index (χ2v) is 11.7. The molecule has 5 rings (SSSR count). The van der Waals surface area contributed by atoms with Gasteiger partial charge in [-0.2, -0.15) is 4.58 Å². The second-order valence-electron chi connectivity index (χ2n) is 11.3. The van der Waals surface area contributed by atoms with Crippen LogP contribution in [0, 0.1) is 5.41 Å². The van der Waals surface area contributed by atoms with Gasteiger partial charge in [-0.3, -0.25) is 0 Å². The highest BCUT2D eigenvalue weighted by atomic mass is 35.5. The summed E-state index contributed by atoms with van der Waals surface area (Å²) in [5.74, 6) is 0. The molecule has 2 heterocycles. The topological polar surface area (TPSA) is 6.25 Å². The van der Waals surface area contributed by atoms with Crippen molar-refractivity contribution in [3.63, 3.8) is 0 Å². The molecule has 0 aromatic heterocycles. The first-order valence-corrected chi connectivity index (χ1v) is 13.3. The van der Waals surface area contributed by atoms with Crippen LogP contribution in [0.2, 0.25) is 0 Å². The summed E-state index contributed by atoms with van der Waals surface area (Å²) in [7, 11) is 4.39. The third-order valence-corrected chi connectivity index (χ3v) is 8.99. The van der Waals surface area contributed by atoms with E-state index in [1.165, 1.54) is 45.1 Å². The number of allylic oxidation sites excluding steroid dienone is 11. The molecule has 0 amide bonds. The lowest BCUT2D eigenvalue weighted by Gasteiger charge is -2.26. The summed E-state index contributed by atoms with van der Waals surface area (Å²) in [6.07, 6.45) is 19.2. The molecule has 0 atom stereocenters. The molecule has 3 heteroatoms. The van der Waals surface area contributed by atoms with Gasteiger partial charge < -0.3 is 4.90 Å². The minimum atomic E-state index is -0.0220. The Morgan fingerprint density at radius 1 is 0.971 bits per heavy atom. The van der Waals surface area contributed by atoms with Gasteiger partial charge in [0.25, 0.3) is 0 Å². The molecule has 0 bridgehead atoms. The van der Waals surface area contributed by atoms with Crippen LogP contribution in [0.3, 0.4) is 0 Å². The molecular weight excluding hydrogens is 448 g/mol. The lowest BCUT2D eigenvalue weighted by molar-refractivity contribution is -0.401. The largest absolute Gasteiger partial charge is 0.350 e. The van der Waals surface area contributed by atoms with E-state index in [9.17, 15) is 0 Å². The molecule has 0 spiro atoms. The molecular formula is C32H38ClN2+. The predicted molar refractivity (Wildman–Crippen MR) is 149 cm³/mol. The maximum Gasteiger partial charge on any atom is 0.209 e. The van der Waals surface area contributed by atoms with Crippen molar-refractivity contribution in [1.82, 2.24) is 4.90 Å². The summed E-state index contributed by atoms with van der Waals surface area (Å²) in [6.45, 7) is 9.30. The summed E-state index contributed by atoms with van der Waals surface area (Å²) in [4.78, 5) is 2.41. The molecule has 2 aliphatic carbocycles. The van der Waals surface area contributed by atoms with Crippen LogP contribution in [0.4, 0.5) is 5.69 Å². The Morgan fingerprint density at radius 2 is 1.74 bits per heavy atom. The number of benzene rings is 1. The highest BCUT2D eigenvalue weighted by Crippen LogP contribution is 2.49. The Hall–Kier alpha value is -2.58. The van der Waals surface area contributed by atoms with E-state index in [2.05, 4.69) is 112 Å². The first-order chi connectivity index (χ1) is 16.6. The Morgan fingerprint density at radius 3 is 2.49 bits per heavy atom. The Balaban J connectivity index is 1.44. The van der Waals surface area contributed by atoms with Crippen LogP contribution in [-0.4, -0.2) is 29.3 Å². The van der Waals surface area contributed by atoms with Crippen molar-refractivity contribution in [1.29, 1.82) is 0 Å². The molecule has 1 aromatic rings. The van der Waals surface area contributed by atoms with Gasteiger partial charge in [-0.15, -0.1) is 0 Å². The number of nitrogens with zero attached hydrogens (tertiary/aromatic N) is 2. The normalized spacial score (nSPS) is 25.5. The highest BCUT2D eigenvalue weighted by molar-refractivity contribution is 6.32. The van der Waals surface area contributed by atoms with Crippen molar-refractivity contribution < 1.29 is 4.58 Å². The fourth-order valence-electron chi connectivity index (χ4n) is 6.46. The Kier molecular flexibility index (Phi) is 6.08. The van der Waals surface area contributed by atoms with E-state index in [0.717, 1.165) is 37.1 Å². The number of rotatable bonds is 3. The number of hydrogen-bond donors (Lipinski definition) is 0. The van der Waals surface area contributed by atoms with Crippen LogP contribution in [-0.2, 0) is 5.41 Å². The van der Waals surface area contributed by atoms with Gasteiger partial charge in [0.05, 0.1) is 5.41 Å². The van der Waals surface area contributed by atoms with Gasteiger partial charge in [0, 0.05) is 46.6 Å². The van der Waals surface area contributed by atoms with E-state index >= 15 is 0 Å². The van der Waals surface area contributed by atoms with E-state index in [1.54, 1.807) is 0 Å². The lowest BCUT2D eigenvalue weighted by Crippen LogP contribution is -2.26. The van der Waals surface area contributed by atoms with Crippen molar-refractivity contribution in [3.8, 4) is 0 Å². The molecule has 2 aliphatic heterocycles. The second kappa shape index (κ2) is 8.82. The molecule has 2 nitrogen and oxygen atoms in total. The fourth-order valence-corrected chi connectivity index (χ4v) is 6.78. The van der Waals surface area contributed by atoms with Gasteiger partial charge in [0.1, 0.15) is 7.05 Å². The maximum absolute atomic E-state index is 7.02. The summed E-state index contributed by atoms with van der Waals surface area (Å²) in [5.41, 5.74) is 10.8. The standard InChI is InChI=1S/C32H38ClN2/c1-31(2)24-14-7-9-16-26(24)34(5)28(31)20-18-22-12-11-13-23(30(22)33)19-21-29-32(3,4)25-15-8-10-17-27(25)35(29)6/h7-9,14-16,18-21H,10-13,17H2,1-6H3/q+1. The van der Waals surface area contributed by atoms with Gasteiger partial charge >= 0.3 is 0 Å². The summed E-state index contributed by atoms with van der Waals surface area (Å²) in [5, 5.41) is 0.928. The third kappa shape index (κ3) is 3.91. The third-order valence-electron chi connectivity index (χ3n) is 8.50. The number of para-hydroxylation sites is 1. The zero-order valence-corrected chi connectivity index (χ0v) is 22.8. The molecule has 4 aliphatic rings. The highest BCUT2D eigenvalue weighted by Gasteiger charge is 2.42. The molecule has 0 saturated heterocycles. The van der Waals surface area contributed by atoms with E-state index < -0.39 is 0 Å². The van der Waals surface area contributed by atoms with Crippen molar-refractivity contribution in [2.75, 3.05) is 14.1 Å². The van der Waals surface area contributed by atoms with E-state index in [1.807, 2.05) is 0 Å². The number of hydrogen-bond acceptors (Lipinski definition) is 1. The first-order valence-electron chi connectivity index (χ1n) is 13.0. The molecule has 0 saturated carbocycles.